The number of amides is 6. The molecule has 0 bridgehead atoms. The molecule has 0 aromatic heterocycles. The summed E-state index contributed by atoms with van der Waals surface area (Å²) in [5.74, 6) is -7.91. The highest BCUT2D eigenvalue weighted by atomic mass is 16.4. The molecule has 12 N–H and O–H groups in total. The Hall–Kier alpha value is -3.83. The third-order valence-corrected chi connectivity index (χ3v) is 6.15. The zero-order chi connectivity index (χ0) is 33.1. The Balaban J connectivity index is 5.67. The summed E-state index contributed by atoms with van der Waals surface area (Å²) < 4.78 is 0. The van der Waals surface area contributed by atoms with E-state index in [0.717, 1.165) is 6.92 Å². The maximum atomic E-state index is 13.2. The Bertz CT molecular complexity index is 1000. The molecule has 0 aliphatic rings. The molecule has 0 aromatic carbocycles. The van der Waals surface area contributed by atoms with E-state index in [9.17, 15) is 48.9 Å². The zero-order valence-electron chi connectivity index (χ0n) is 24.8. The van der Waals surface area contributed by atoms with Crippen LogP contribution in [-0.2, 0) is 33.6 Å². The molecule has 17 nitrogen and oxygen atoms in total. The van der Waals surface area contributed by atoms with E-state index in [0.29, 0.717) is 0 Å². The van der Waals surface area contributed by atoms with Gasteiger partial charge in [-0.15, -0.1) is 0 Å². The smallest absolute Gasteiger partial charge is 0.326 e. The Morgan fingerprint density at radius 3 is 1.36 bits per heavy atom. The van der Waals surface area contributed by atoms with Crippen molar-refractivity contribution in [2.75, 3.05) is 0 Å². The van der Waals surface area contributed by atoms with Crippen LogP contribution < -0.4 is 38.1 Å². The van der Waals surface area contributed by atoms with Gasteiger partial charge < -0.3 is 53.4 Å². The number of aliphatic hydroxyl groups is 2. The minimum atomic E-state index is -1.71. The summed E-state index contributed by atoms with van der Waals surface area (Å²) in [5.41, 5.74) is 10.6. The summed E-state index contributed by atoms with van der Waals surface area (Å²) >= 11 is 0. The van der Waals surface area contributed by atoms with Crippen molar-refractivity contribution in [3.8, 4) is 0 Å². The fourth-order valence-electron chi connectivity index (χ4n) is 3.50. The molecule has 0 radical (unpaired) electrons. The second-order valence-electron chi connectivity index (χ2n) is 10.8. The number of carbonyl (C=O) groups is 7. The van der Waals surface area contributed by atoms with Crippen molar-refractivity contribution >= 4 is 41.4 Å². The molecule has 0 saturated carbocycles. The van der Waals surface area contributed by atoms with Crippen LogP contribution in [0.15, 0.2) is 0 Å². The number of nitrogens with one attached hydrogen (secondary N) is 5. The molecule has 0 aromatic rings. The quantitative estimate of drug-likeness (QED) is 0.0760. The van der Waals surface area contributed by atoms with Crippen molar-refractivity contribution in [2.24, 2.45) is 23.3 Å². The summed E-state index contributed by atoms with van der Waals surface area (Å²) in [6, 6.07) is -8.22. The molecule has 0 fully saturated rings. The number of primary amides is 1. The SMILES string of the molecule is CC(C)[C@H](NC(=O)[C@H](C)NC(=O)[C@@H](N)[C@@H](C)O)C(=O)N[C@H](C(=O)N[C@H](C(=O)N[C@@H](CC(N)=O)C(=O)O)[C@@H](C)O)C(C)C. The van der Waals surface area contributed by atoms with Crippen LogP contribution in [0.5, 0.6) is 0 Å². The number of aliphatic carboxylic acids is 1. The van der Waals surface area contributed by atoms with Gasteiger partial charge in [-0.1, -0.05) is 27.7 Å². The summed E-state index contributed by atoms with van der Waals surface area (Å²) in [6.45, 7) is 10.2. The lowest BCUT2D eigenvalue weighted by molar-refractivity contribution is -0.144. The number of carbonyl (C=O) groups excluding carboxylic acids is 6. The van der Waals surface area contributed by atoms with E-state index in [2.05, 4.69) is 21.3 Å². The lowest BCUT2D eigenvalue weighted by atomic mass is 9.98. The minimum Gasteiger partial charge on any atom is -0.480 e. The highest BCUT2D eigenvalue weighted by Crippen LogP contribution is 2.09. The highest BCUT2D eigenvalue weighted by Gasteiger charge is 2.35. The van der Waals surface area contributed by atoms with Gasteiger partial charge in [-0.25, -0.2) is 4.79 Å². The van der Waals surface area contributed by atoms with Crippen LogP contribution in [0.25, 0.3) is 0 Å². The van der Waals surface area contributed by atoms with Gasteiger partial charge in [-0.3, -0.25) is 28.8 Å². The topological polar surface area (TPSA) is 292 Å². The fraction of sp³-hybridized carbons (Fsp3) is 0.720. The summed E-state index contributed by atoms with van der Waals surface area (Å²) in [7, 11) is 0. The van der Waals surface area contributed by atoms with Gasteiger partial charge in [0.1, 0.15) is 36.3 Å². The molecule has 8 atom stereocenters. The molecular formula is C25H45N7O10. The second-order valence-corrected chi connectivity index (χ2v) is 10.8. The molecule has 0 saturated heterocycles. The maximum Gasteiger partial charge on any atom is 0.326 e. The third kappa shape index (κ3) is 12.4. The van der Waals surface area contributed by atoms with Crippen molar-refractivity contribution in [1.29, 1.82) is 0 Å². The fourth-order valence-corrected chi connectivity index (χ4v) is 3.50. The number of carboxylic acid groups (broad SMARTS) is 1. The first-order valence-corrected chi connectivity index (χ1v) is 13.4. The van der Waals surface area contributed by atoms with Crippen LogP contribution in [0, 0.1) is 11.8 Å². The summed E-state index contributed by atoms with van der Waals surface area (Å²) in [6.07, 6.45) is -3.41. The Labute approximate surface area is 243 Å². The van der Waals surface area contributed by atoms with Gasteiger partial charge in [0, 0.05) is 0 Å². The Morgan fingerprint density at radius 1 is 0.595 bits per heavy atom. The molecule has 0 aliphatic heterocycles. The van der Waals surface area contributed by atoms with Crippen LogP contribution in [0.3, 0.4) is 0 Å². The molecule has 17 heteroatoms. The maximum absolute atomic E-state index is 13.2. The molecule has 0 rings (SSSR count). The van der Waals surface area contributed by atoms with Gasteiger partial charge in [0.05, 0.1) is 18.6 Å². The molecule has 0 unspecified atom stereocenters. The molecule has 6 amide bonds. The lowest BCUT2D eigenvalue weighted by Crippen LogP contribution is -2.62. The van der Waals surface area contributed by atoms with Crippen LogP contribution >= 0.6 is 0 Å². The Kier molecular flexibility index (Phi) is 15.6. The largest absolute Gasteiger partial charge is 0.480 e. The number of hydrogen-bond donors (Lipinski definition) is 10. The number of aliphatic hydroxyl groups excluding tert-OH is 2. The normalized spacial score (nSPS) is 17.0. The van der Waals surface area contributed by atoms with Gasteiger partial charge in [-0.2, -0.15) is 0 Å². The van der Waals surface area contributed by atoms with Crippen LogP contribution in [0.1, 0.15) is 54.9 Å². The van der Waals surface area contributed by atoms with Crippen molar-refractivity contribution in [2.45, 2.75) is 103 Å². The summed E-state index contributed by atoms with van der Waals surface area (Å²) in [5, 5.41) is 40.5. The lowest BCUT2D eigenvalue weighted by Gasteiger charge is -2.30. The van der Waals surface area contributed by atoms with Crippen LogP contribution in [0.4, 0.5) is 0 Å². The molecule has 240 valence electrons. The predicted molar refractivity (Wildman–Crippen MR) is 148 cm³/mol. The summed E-state index contributed by atoms with van der Waals surface area (Å²) in [4.78, 5) is 86.3. The van der Waals surface area contributed by atoms with Gasteiger partial charge in [0.2, 0.25) is 35.4 Å². The first-order valence-electron chi connectivity index (χ1n) is 13.4. The van der Waals surface area contributed by atoms with Crippen molar-refractivity contribution < 1.29 is 48.9 Å². The molecule has 0 spiro atoms. The standard InChI is InChI=1S/C25H45N7O10/c1-9(2)17(30-20(36)11(5)28-21(37)16(27)12(6)33)22(38)31-18(10(3)4)23(39)32-19(13(7)34)24(40)29-14(25(41)42)8-15(26)35/h9-14,16-19,33-34H,8,27H2,1-7H3,(H2,26,35)(H,28,37)(H,29,40)(H,30,36)(H,31,38)(H,32,39)(H,41,42)/t11-,12+,13+,14-,16-,17-,18-,19-/m0/s1. The van der Waals surface area contributed by atoms with Crippen molar-refractivity contribution in [3.63, 3.8) is 0 Å². The van der Waals surface area contributed by atoms with Gasteiger partial charge in [0.25, 0.3) is 0 Å². The Morgan fingerprint density at radius 2 is 1.00 bits per heavy atom. The molecule has 0 aliphatic carbocycles. The second kappa shape index (κ2) is 17.2. The number of hydrogen-bond acceptors (Lipinski definition) is 10. The van der Waals surface area contributed by atoms with E-state index in [1.165, 1.54) is 13.8 Å². The zero-order valence-corrected chi connectivity index (χ0v) is 24.8. The van der Waals surface area contributed by atoms with E-state index in [4.69, 9.17) is 11.5 Å². The van der Waals surface area contributed by atoms with Gasteiger partial charge >= 0.3 is 5.97 Å². The van der Waals surface area contributed by atoms with Crippen LogP contribution in [0.2, 0.25) is 0 Å². The average Bonchev–Trinajstić information content (AvgIpc) is 2.86. The monoisotopic (exact) mass is 603 g/mol. The van der Waals surface area contributed by atoms with Gasteiger partial charge in [0.15, 0.2) is 0 Å². The van der Waals surface area contributed by atoms with Crippen molar-refractivity contribution in [1.82, 2.24) is 26.6 Å². The van der Waals surface area contributed by atoms with E-state index in [1.54, 1.807) is 27.7 Å². The highest BCUT2D eigenvalue weighted by molar-refractivity contribution is 5.97. The predicted octanol–water partition coefficient (Wildman–Crippen LogP) is -4.21. The van der Waals surface area contributed by atoms with Crippen LogP contribution in [-0.4, -0.2) is 105 Å². The first kappa shape index (κ1) is 38.2. The van der Waals surface area contributed by atoms with E-state index in [1.807, 2.05) is 5.32 Å². The average molecular weight is 604 g/mol. The van der Waals surface area contributed by atoms with E-state index < -0.39 is 108 Å². The number of carboxylic acids is 1. The molecule has 0 heterocycles. The van der Waals surface area contributed by atoms with E-state index in [-0.39, 0.29) is 0 Å². The minimum absolute atomic E-state index is 0.485. The van der Waals surface area contributed by atoms with Gasteiger partial charge in [-0.05, 0) is 32.6 Å². The van der Waals surface area contributed by atoms with Crippen molar-refractivity contribution in [3.05, 3.63) is 0 Å². The molecular weight excluding hydrogens is 558 g/mol. The number of rotatable bonds is 17. The van der Waals surface area contributed by atoms with E-state index >= 15 is 0 Å². The first-order chi connectivity index (χ1) is 19.2. The number of nitrogens with two attached hydrogens (primary N) is 2. The third-order valence-electron chi connectivity index (χ3n) is 6.15. The molecule has 42 heavy (non-hydrogen) atoms.